The standard InChI is InChI=1S/C17H17N3O4/c1-17(2)16(23)20(14-12(24-17)7-8-13(18)19-14)9-10-5-3-4-6-11(10)15(21)22/h3-8H,9H2,1-2H3,(H2,18,19)(H,21,22). The van der Waals surface area contributed by atoms with Gasteiger partial charge in [-0.2, -0.15) is 0 Å². The molecule has 0 saturated heterocycles. The quantitative estimate of drug-likeness (QED) is 0.894. The van der Waals surface area contributed by atoms with Crippen LogP contribution in [0.5, 0.6) is 5.75 Å². The van der Waals surface area contributed by atoms with E-state index in [1.54, 1.807) is 44.2 Å². The summed E-state index contributed by atoms with van der Waals surface area (Å²) in [5, 5.41) is 9.34. The summed E-state index contributed by atoms with van der Waals surface area (Å²) in [6.07, 6.45) is 0. The fourth-order valence-corrected chi connectivity index (χ4v) is 2.65. The maximum atomic E-state index is 12.8. The fourth-order valence-electron chi connectivity index (χ4n) is 2.65. The topological polar surface area (TPSA) is 106 Å². The molecule has 1 aromatic heterocycles. The largest absolute Gasteiger partial charge is 0.478 e. The second-order valence-electron chi connectivity index (χ2n) is 6.02. The molecule has 0 fully saturated rings. The van der Waals surface area contributed by atoms with Gasteiger partial charge in [0.15, 0.2) is 17.2 Å². The molecule has 0 atom stereocenters. The Hall–Kier alpha value is -3.09. The molecule has 2 aromatic rings. The zero-order valence-corrected chi connectivity index (χ0v) is 13.3. The molecule has 0 radical (unpaired) electrons. The van der Waals surface area contributed by atoms with Gasteiger partial charge in [0.1, 0.15) is 5.82 Å². The smallest absolute Gasteiger partial charge is 0.336 e. The van der Waals surface area contributed by atoms with Crippen molar-refractivity contribution in [3.63, 3.8) is 0 Å². The Morgan fingerprint density at radius 3 is 2.71 bits per heavy atom. The first-order valence-corrected chi connectivity index (χ1v) is 7.38. The summed E-state index contributed by atoms with van der Waals surface area (Å²) in [5.41, 5.74) is 5.29. The van der Waals surface area contributed by atoms with Crippen molar-refractivity contribution >= 4 is 23.5 Å². The van der Waals surface area contributed by atoms with E-state index < -0.39 is 11.6 Å². The van der Waals surface area contributed by atoms with Crippen molar-refractivity contribution in [3.05, 3.63) is 47.5 Å². The number of amides is 1. The van der Waals surface area contributed by atoms with Gasteiger partial charge < -0.3 is 15.6 Å². The third-order valence-corrected chi connectivity index (χ3v) is 3.82. The van der Waals surface area contributed by atoms with Crippen LogP contribution >= 0.6 is 0 Å². The summed E-state index contributed by atoms with van der Waals surface area (Å²) >= 11 is 0. The molecule has 1 aliphatic heterocycles. The molecular formula is C17H17N3O4. The number of aromatic nitrogens is 1. The fraction of sp³-hybridized carbons (Fsp3) is 0.235. The SMILES string of the molecule is CC1(C)Oc2ccc(N)nc2N(Cc2ccccc2C(=O)O)C1=O. The first kappa shape index (κ1) is 15.8. The minimum Gasteiger partial charge on any atom is -0.478 e. The number of carbonyl (C=O) groups excluding carboxylic acids is 1. The number of carboxylic acid groups (broad SMARTS) is 1. The van der Waals surface area contributed by atoms with E-state index in [0.29, 0.717) is 17.1 Å². The Morgan fingerprint density at radius 2 is 2.00 bits per heavy atom. The van der Waals surface area contributed by atoms with E-state index in [4.69, 9.17) is 10.5 Å². The number of benzene rings is 1. The number of hydrogen-bond acceptors (Lipinski definition) is 5. The van der Waals surface area contributed by atoms with Crippen LogP contribution in [0.15, 0.2) is 36.4 Å². The molecule has 7 heteroatoms. The molecule has 124 valence electrons. The number of carbonyl (C=O) groups is 2. The summed E-state index contributed by atoms with van der Waals surface area (Å²) in [7, 11) is 0. The molecular weight excluding hydrogens is 310 g/mol. The Bertz CT molecular complexity index is 832. The minimum atomic E-state index is -1.08. The van der Waals surface area contributed by atoms with Gasteiger partial charge in [0.2, 0.25) is 0 Å². The van der Waals surface area contributed by atoms with E-state index in [-0.39, 0.29) is 23.8 Å². The lowest BCUT2D eigenvalue weighted by atomic mass is 10.0. The zero-order chi connectivity index (χ0) is 17.5. The van der Waals surface area contributed by atoms with Gasteiger partial charge >= 0.3 is 5.97 Å². The maximum absolute atomic E-state index is 12.8. The molecule has 2 heterocycles. The summed E-state index contributed by atoms with van der Waals surface area (Å²) in [4.78, 5) is 29.8. The molecule has 3 N–H and O–H groups in total. The first-order chi connectivity index (χ1) is 11.3. The molecule has 0 aliphatic carbocycles. The molecule has 24 heavy (non-hydrogen) atoms. The number of anilines is 2. The molecule has 0 bridgehead atoms. The number of aromatic carboxylic acids is 1. The van der Waals surface area contributed by atoms with Crippen molar-refractivity contribution in [2.75, 3.05) is 10.6 Å². The molecule has 7 nitrogen and oxygen atoms in total. The lowest BCUT2D eigenvalue weighted by molar-refractivity contribution is -0.132. The van der Waals surface area contributed by atoms with Crippen molar-refractivity contribution in [1.82, 2.24) is 4.98 Å². The number of pyridine rings is 1. The van der Waals surface area contributed by atoms with Crippen molar-refractivity contribution in [1.29, 1.82) is 0 Å². The van der Waals surface area contributed by atoms with Gasteiger partial charge in [0.05, 0.1) is 12.1 Å². The van der Waals surface area contributed by atoms with E-state index in [1.807, 2.05) is 0 Å². The second kappa shape index (κ2) is 5.52. The number of fused-ring (bicyclic) bond motifs is 1. The van der Waals surface area contributed by atoms with Crippen LogP contribution in [0, 0.1) is 0 Å². The van der Waals surface area contributed by atoms with Crippen LogP contribution < -0.4 is 15.4 Å². The number of rotatable bonds is 3. The Balaban J connectivity index is 2.08. The normalized spacial score (nSPS) is 15.6. The first-order valence-electron chi connectivity index (χ1n) is 7.38. The van der Waals surface area contributed by atoms with Crippen LogP contribution in [0.25, 0.3) is 0 Å². The molecule has 1 aromatic carbocycles. The zero-order valence-electron chi connectivity index (χ0n) is 13.3. The number of hydrogen-bond donors (Lipinski definition) is 2. The number of nitrogen functional groups attached to an aromatic ring is 1. The monoisotopic (exact) mass is 327 g/mol. The Kier molecular flexibility index (Phi) is 3.63. The number of carboxylic acids is 1. The van der Waals surface area contributed by atoms with Gasteiger partial charge in [-0.15, -0.1) is 0 Å². The van der Waals surface area contributed by atoms with Crippen molar-refractivity contribution < 1.29 is 19.4 Å². The summed E-state index contributed by atoms with van der Waals surface area (Å²) < 4.78 is 5.71. The van der Waals surface area contributed by atoms with Gasteiger partial charge in [-0.1, -0.05) is 18.2 Å². The van der Waals surface area contributed by atoms with E-state index in [2.05, 4.69) is 4.98 Å². The Morgan fingerprint density at radius 1 is 1.29 bits per heavy atom. The van der Waals surface area contributed by atoms with Gasteiger partial charge in [-0.05, 0) is 37.6 Å². The molecule has 3 rings (SSSR count). The predicted molar refractivity (Wildman–Crippen MR) is 87.9 cm³/mol. The van der Waals surface area contributed by atoms with E-state index >= 15 is 0 Å². The maximum Gasteiger partial charge on any atom is 0.336 e. The molecule has 1 amide bonds. The van der Waals surface area contributed by atoms with Gasteiger partial charge in [-0.25, -0.2) is 9.78 Å². The second-order valence-corrected chi connectivity index (χ2v) is 6.02. The highest BCUT2D eigenvalue weighted by atomic mass is 16.5. The van der Waals surface area contributed by atoms with Crippen LogP contribution in [0.2, 0.25) is 0 Å². The summed E-state index contributed by atoms with van der Waals surface area (Å²) in [6, 6.07) is 9.79. The lowest BCUT2D eigenvalue weighted by Crippen LogP contribution is -2.52. The van der Waals surface area contributed by atoms with E-state index in [0.717, 1.165) is 0 Å². The highest BCUT2D eigenvalue weighted by Gasteiger charge is 2.42. The van der Waals surface area contributed by atoms with Crippen LogP contribution in [-0.4, -0.2) is 27.6 Å². The number of ether oxygens (including phenoxy) is 1. The van der Waals surface area contributed by atoms with Gasteiger partial charge in [0, 0.05) is 0 Å². The summed E-state index contributed by atoms with van der Waals surface area (Å²) in [5.74, 6) is -0.387. The average Bonchev–Trinajstić information content (AvgIpc) is 2.53. The molecule has 1 aliphatic rings. The minimum absolute atomic E-state index is 0.0670. The van der Waals surface area contributed by atoms with Crippen LogP contribution in [0.4, 0.5) is 11.6 Å². The predicted octanol–water partition coefficient (Wildman–Crippen LogP) is 2.07. The van der Waals surface area contributed by atoms with Gasteiger partial charge in [-0.3, -0.25) is 9.69 Å². The highest BCUT2D eigenvalue weighted by molar-refractivity contribution is 6.02. The molecule has 0 unspecified atom stereocenters. The highest BCUT2D eigenvalue weighted by Crippen LogP contribution is 2.37. The van der Waals surface area contributed by atoms with Crippen molar-refractivity contribution in [2.45, 2.75) is 26.0 Å². The number of nitrogens with zero attached hydrogens (tertiary/aromatic N) is 2. The van der Waals surface area contributed by atoms with E-state index in [9.17, 15) is 14.7 Å². The molecule has 0 saturated carbocycles. The lowest BCUT2D eigenvalue weighted by Gasteiger charge is -2.38. The third kappa shape index (κ3) is 2.64. The Labute approximate surface area is 138 Å². The summed E-state index contributed by atoms with van der Waals surface area (Å²) in [6.45, 7) is 3.38. The van der Waals surface area contributed by atoms with Crippen LogP contribution in [-0.2, 0) is 11.3 Å². The third-order valence-electron chi connectivity index (χ3n) is 3.82. The van der Waals surface area contributed by atoms with Crippen molar-refractivity contribution in [2.24, 2.45) is 0 Å². The van der Waals surface area contributed by atoms with Crippen LogP contribution in [0.3, 0.4) is 0 Å². The number of nitrogens with two attached hydrogens (primary N) is 1. The molecule has 0 spiro atoms. The average molecular weight is 327 g/mol. The van der Waals surface area contributed by atoms with Crippen molar-refractivity contribution in [3.8, 4) is 5.75 Å². The van der Waals surface area contributed by atoms with Crippen LogP contribution in [0.1, 0.15) is 29.8 Å². The van der Waals surface area contributed by atoms with E-state index in [1.165, 1.54) is 11.0 Å². The van der Waals surface area contributed by atoms with Gasteiger partial charge in [0.25, 0.3) is 5.91 Å².